The highest BCUT2D eigenvalue weighted by Gasteiger charge is 2.15. The minimum Gasteiger partial charge on any atom is -0.496 e. The van der Waals surface area contributed by atoms with Crippen LogP contribution in [0.4, 0.5) is 0 Å². The second kappa shape index (κ2) is 6.61. The number of alkyl halides is 1. The maximum Gasteiger partial charge on any atom is 0.133 e. The average molecular weight is 469 g/mol. The predicted octanol–water partition coefficient (Wildman–Crippen LogP) is 6.31. The zero-order valence-corrected chi connectivity index (χ0v) is 15.5. The Labute approximate surface area is 142 Å². The van der Waals surface area contributed by atoms with Gasteiger partial charge in [0.1, 0.15) is 5.75 Å². The fourth-order valence-electron chi connectivity index (χ4n) is 1.73. The molecular formula is C14H10Br3ClO. The zero-order valence-electron chi connectivity index (χ0n) is 9.96. The Hall–Kier alpha value is -0.0300. The number of hydrogen-bond acceptors (Lipinski definition) is 1. The van der Waals surface area contributed by atoms with Crippen molar-refractivity contribution in [2.75, 3.05) is 7.11 Å². The van der Waals surface area contributed by atoms with Crippen LogP contribution in [0.1, 0.15) is 16.5 Å². The fourth-order valence-corrected chi connectivity index (χ4v) is 4.02. The highest BCUT2D eigenvalue weighted by atomic mass is 79.9. The van der Waals surface area contributed by atoms with E-state index < -0.39 is 0 Å². The Bertz CT molecular complexity index is 601. The van der Waals surface area contributed by atoms with Crippen LogP contribution in [-0.4, -0.2) is 7.11 Å². The van der Waals surface area contributed by atoms with Gasteiger partial charge in [0.2, 0.25) is 0 Å². The van der Waals surface area contributed by atoms with E-state index in [2.05, 4.69) is 47.8 Å². The van der Waals surface area contributed by atoms with E-state index in [1.807, 2.05) is 36.4 Å². The van der Waals surface area contributed by atoms with Crippen LogP contribution in [0.25, 0.3) is 0 Å². The van der Waals surface area contributed by atoms with Crippen LogP contribution in [-0.2, 0) is 0 Å². The lowest BCUT2D eigenvalue weighted by atomic mass is 10.0. The second-order valence-electron chi connectivity index (χ2n) is 3.92. The third-order valence-corrected chi connectivity index (χ3v) is 4.99. The molecule has 19 heavy (non-hydrogen) atoms. The lowest BCUT2D eigenvalue weighted by Crippen LogP contribution is -1.95. The van der Waals surface area contributed by atoms with Crippen molar-refractivity contribution in [2.24, 2.45) is 0 Å². The third-order valence-electron chi connectivity index (χ3n) is 2.70. The van der Waals surface area contributed by atoms with Crippen molar-refractivity contribution in [3.05, 3.63) is 60.9 Å². The van der Waals surface area contributed by atoms with Crippen molar-refractivity contribution in [1.29, 1.82) is 0 Å². The molecule has 0 aliphatic rings. The second-order valence-corrected chi connectivity index (χ2v) is 6.98. The minimum atomic E-state index is -0.218. The first-order chi connectivity index (χ1) is 9.02. The van der Waals surface area contributed by atoms with E-state index in [-0.39, 0.29) is 5.38 Å². The van der Waals surface area contributed by atoms with Gasteiger partial charge in [-0.05, 0) is 51.3 Å². The Balaban J connectivity index is 2.38. The first-order valence-electron chi connectivity index (χ1n) is 5.45. The molecule has 1 nitrogen and oxygen atoms in total. The summed E-state index contributed by atoms with van der Waals surface area (Å²) in [5, 5.41) is -0.218. The van der Waals surface area contributed by atoms with Crippen molar-refractivity contribution in [3.63, 3.8) is 0 Å². The molecule has 0 bridgehead atoms. The molecule has 0 fully saturated rings. The number of methoxy groups -OCH3 is 1. The summed E-state index contributed by atoms with van der Waals surface area (Å²) in [5.41, 5.74) is 2.04. The van der Waals surface area contributed by atoms with Crippen LogP contribution >= 0.6 is 59.4 Å². The number of benzene rings is 2. The van der Waals surface area contributed by atoms with Crippen LogP contribution < -0.4 is 4.74 Å². The molecule has 0 N–H and O–H groups in total. The smallest absolute Gasteiger partial charge is 0.133 e. The van der Waals surface area contributed by atoms with Gasteiger partial charge >= 0.3 is 0 Å². The first kappa shape index (κ1) is 15.4. The predicted molar refractivity (Wildman–Crippen MR) is 90.2 cm³/mol. The van der Waals surface area contributed by atoms with Crippen LogP contribution in [0, 0.1) is 0 Å². The number of rotatable bonds is 3. The molecule has 0 aliphatic heterocycles. The van der Waals surface area contributed by atoms with Gasteiger partial charge in [0.05, 0.1) is 17.0 Å². The molecule has 1 atom stereocenters. The van der Waals surface area contributed by atoms with Gasteiger partial charge in [-0.1, -0.05) is 44.0 Å². The molecule has 2 rings (SSSR count). The molecule has 0 amide bonds. The van der Waals surface area contributed by atoms with Gasteiger partial charge in [0, 0.05) is 8.95 Å². The molecule has 0 saturated heterocycles. The normalized spacial score (nSPS) is 12.3. The van der Waals surface area contributed by atoms with Crippen LogP contribution in [0.3, 0.4) is 0 Å². The van der Waals surface area contributed by atoms with Gasteiger partial charge in [-0.2, -0.15) is 0 Å². The quantitative estimate of drug-likeness (QED) is 0.479. The molecule has 0 spiro atoms. The summed E-state index contributed by atoms with van der Waals surface area (Å²) in [6, 6.07) is 11.8. The van der Waals surface area contributed by atoms with Gasteiger partial charge in [-0.3, -0.25) is 0 Å². The van der Waals surface area contributed by atoms with E-state index in [0.29, 0.717) is 0 Å². The van der Waals surface area contributed by atoms with E-state index >= 15 is 0 Å². The van der Waals surface area contributed by atoms with Crippen molar-refractivity contribution in [1.82, 2.24) is 0 Å². The van der Waals surface area contributed by atoms with Gasteiger partial charge in [0.15, 0.2) is 0 Å². The van der Waals surface area contributed by atoms with Gasteiger partial charge < -0.3 is 4.74 Å². The van der Waals surface area contributed by atoms with Gasteiger partial charge in [0.25, 0.3) is 0 Å². The molecule has 0 aliphatic carbocycles. The van der Waals surface area contributed by atoms with Crippen molar-refractivity contribution < 1.29 is 4.74 Å². The van der Waals surface area contributed by atoms with E-state index in [9.17, 15) is 0 Å². The van der Waals surface area contributed by atoms with E-state index in [4.69, 9.17) is 16.3 Å². The standard InChI is InChI=1S/C14H10Br3ClO/c1-19-13-5-2-8(6-12(13)17)14(18)10-4-3-9(15)7-11(10)16/h2-7,14H,1H3. The van der Waals surface area contributed by atoms with Gasteiger partial charge in [-0.25, -0.2) is 0 Å². The van der Waals surface area contributed by atoms with E-state index in [0.717, 1.165) is 30.3 Å². The summed E-state index contributed by atoms with van der Waals surface area (Å²) in [6.45, 7) is 0. The molecule has 0 aromatic heterocycles. The largest absolute Gasteiger partial charge is 0.496 e. The van der Waals surface area contributed by atoms with Crippen LogP contribution in [0.2, 0.25) is 0 Å². The number of ether oxygens (including phenoxy) is 1. The molecule has 1 unspecified atom stereocenters. The van der Waals surface area contributed by atoms with Crippen LogP contribution in [0.15, 0.2) is 49.8 Å². The highest BCUT2D eigenvalue weighted by Crippen LogP contribution is 2.37. The van der Waals surface area contributed by atoms with Crippen LogP contribution in [0.5, 0.6) is 5.75 Å². The van der Waals surface area contributed by atoms with Gasteiger partial charge in [-0.15, -0.1) is 11.6 Å². The molecule has 100 valence electrons. The molecular weight excluding hydrogens is 459 g/mol. The highest BCUT2D eigenvalue weighted by molar-refractivity contribution is 9.11. The monoisotopic (exact) mass is 466 g/mol. The number of hydrogen-bond donors (Lipinski definition) is 0. The topological polar surface area (TPSA) is 9.23 Å². The Morgan fingerprint density at radius 3 is 2.32 bits per heavy atom. The molecule has 2 aromatic carbocycles. The lowest BCUT2D eigenvalue weighted by Gasteiger charge is -2.14. The first-order valence-corrected chi connectivity index (χ1v) is 8.27. The third kappa shape index (κ3) is 3.54. The van der Waals surface area contributed by atoms with E-state index in [1.165, 1.54) is 0 Å². The van der Waals surface area contributed by atoms with Crippen molar-refractivity contribution in [3.8, 4) is 5.75 Å². The molecule has 2 aromatic rings. The van der Waals surface area contributed by atoms with E-state index in [1.54, 1.807) is 7.11 Å². The Kier molecular flexibility index (Phi) is 5.35. The Morgan fingerprint density at radius 1 is 1.00 bits per heavy atom. The molecule has 0 saturated carbocycles. The summed E-state index contributed by atoms with van der Waals surface area (Å²) in [4.78, 5) is 0. The molecule has 0 heterocycles. The summed E-state index contributed by atoms with van der Waals surface area (Å²) in [5.74, 6) is 0.794. The summed E-state index contributed by atoms with van der Waals surface area (Å²) >= 11 is 17.0. The SMILES string of the molecule is COc1ccc(C(Cl)c2ccc(Br)cc2Br)cc1Br. The maximum absolute atomic E-state index is 6.55. The zero-order chi connectivity index (χ0) is 14.0. The summed E-state index contributed by atoms with van der Waals surface area (Å²) in [7, 11) is 1.64. The van der Waals surface area contributed by atoms with Crippen molar-refractivity contribution >= 4 is 59.4 Å². The molecule has 5 heteroatoms. The summed E-state index contributed by atoms with van der Waals surface area (Å²) < 4.78 is 8.11. The summed E-state index contributed by atoms with van der Waals surface area (Å²) in [6.07, 6.45) is 0. The fraction of sp³-hybridized carbons (Fsp3) is 0.143. The van der Waals surface area contributed by atoms with Crippen molar-refractivity contribution in [2.45, 2.75) is 5.38 Å². The molecule has 0 radical (unpaired) electrons. The number of halogens is 4. The lowest BCUT2D eigenvalue weighted by molar-refractivity contribution is 0.412. The minimum absolute atomic E-state index is 0.218. The Morgan fingerprint density at radius 2 is 1.74 bits per heavy atom. The maximum atomic E-state index is 6.55. The average Bonchev–Trinajstić information content (AvgIpc) is 2.38.